The van der Waals surface area contributed by atoms with Gasteiger partial charge in [-0.1, -0.05) is 48.5 Å². The van der Waals surface area contributed by atoms with Crippen LogP contribution in [0.25, 0.3) is 0 Å². The summed E-state index contributed by atoms with van der Waals surface area (Å²) < 4.78 is 11.2. The molecule has 0 amide bonds. The number of para-hydroxylation sites is 1. The van der Waals surface area contributed by atoms with E-state index in [0.29, 0.717) is 0 Å². The predicted molar refractivity (Wildman–Crippen MR) is 96.3 cm³/mol. The molecule has 0 aliphatic rings. The first kappa shape index (κ1) is 16.3. The van der Waals surface area contributed by atoms with Gasteiger partial charge in [0.1, 0.15) is 11.5 Å². The Morgan fingerprint density at radius 3 is 2.50 bits per heavy atom. The van der Waals surface area contributed by atoms with Crippen LogP contribution in [0, 0.1) is 0 Å². The van der Waals surface area contributed by atoms with Gasteiger partial charge in [-0.05, 0) is 36.7 Å². The Balaban J connectivity index is 1.67. The van der Waals surface area contributed by atoms with Crippen molar-refractivity contribution < 1.29 is 9.15 Å². The number of rotatable bonds is 8. The van der Waals surface area contributed by atoms with Crippen molar-refractivity contribution in [2.45, 2.75) is 18.9 Å². The second-order valence-corrected chi connectivity index (χ2v) is 5.76. The van der Waals surface area contributed by atoms with Crippen molar-refractivity contribution in [3.8, 4) is 5.75 Å². The van der Waals surface area contributed by atoms with E-state index in [9.17, 15) is 0 Å². The minimum absolute atomic E-state index is 0.180. The second-order valence-electron chi connectivity index (χ2n) is 5.76. The first-order valence-corrected chi connectivity index (χ1v) is 8.29. The van der Waals surface area contributed by atoms with Gasteiger partial charge < -0.3 is 14.5 Å². The molecule has 0 unspecified atom stereocenters. The second kappa shape index (κ2) is 8.37. The molecule has 3 nitrogen and oxygen atoms in total. The van der Waals surface area contributed by atoms with Crippen LogP contribution in [-0.4, -0.2) is 13.7 Å². The molecule has 3 rings (SSSR count). The van der Waals surface area contributed by atoms with Crippen molar-refractivity contribution in [3.05, 3.63) is 89.9 Å². The molecule has 0 radical (unpaired) electrons. The molecule has 0 saturated heterocycles. The van der Waals surface area contributed by atoms with Crippen LogP contribution in [-0.2, 0) is 6.54 Å². The van der Waals surface area contributed by atoms with Crippen LogP contribution >= 0.6 is 0 Å². The monoisotopic (exact) mass is 321 g/mol. The van der Waals surface area contributed by atoms with Crippen molar-refractivity contribution in [3.63, 3.8) is 0 Å². The largest absolute Gasteiger partial charge is 0.496 e. The van der Waals surface area contributed by atoms with Crippen molar-refractivity contribution in [1.29, 1.82) is 0 Å². The third-order valence-electron chi connectivity index (χ3n) is 4.18. The Morgan fingerprint density at radius 1 is 0.958 bits per heavy atom. The van der Waals surface area contributed by atoms with Crippen molar-refractivity contribution in [1.82, 2.24) is 5.32 Å². The summed E-state index contributed by atoms with van der Waals surface area (Å²) in [6.45, 7) is 1.77. The fourth-order valence-corrected chi connectivity index (χ4v) is 2.97. The van der Waals surface area contributed by atoms with Gasteiger partial charge in [-0.15, -0.1) is 0 Å². The highest BCUT2D eigenvalue weighted by Crippen LogP contribution is 2.34. The molecule has 1 heterocycles. The minimum atomic E-state index is 0.180. The quantitative estimate of drug-likeness (QED) is 0.616. The van der Waals surface area contributed by atoms with Gasteiger partial charge in [0.2, 0.25) is 0 Å². The summed E-state index contributed by atoms with van der Waals surface area (Å²) in [6.07, 6.45) is 2.68. The highest BCUT2D eigenvalue weighted by Gasteiger charge is 2.20. The number of hydrogen-bond acceptors (Lipinski definition) is 3. The van der Waals surface area contributed by atoms with Crippen LogP contribution in [0.3, 0.4) is 0 Å². The third-order valence-corrected chi connectivity index (χ3v) is 4.18. The van der Waals surface area contributed by atoms with Gasteiger partial charge in [0.15, 0.2) is 0 Å². The van der Waals surface area contributed by atoms with Gasteiger partial charge in [-0.2, -0.15) is 0 Å². The molecule has 0 aliphatic carbocycles. The van der Waals surface area contributed by atoms with Crippen LogP contribution in [0.2, 0.25) is 0 Å². The summed E-state index contributed by atoms with van der Waals surface area (Å²) in [6, 6.07) is 22.6. The smallest absolute Gasteiger partial charge is 0.122 e. The number of methoxy groups -OCH3 is 1. The SMILES string of the molecule is COc1ccccc1[C@H](CCNCc1ccccc1)c1ccco1. The van der Waals surface area contributed by atoms with E-state index in [1.54, 1.807) is 13.4 Å². The van der Waals surface area contributed by atoms with Crippen LogP contribution in [0.1, 0.15) is 29.2 Å². The van der Waals surface area contributed by atoms with E-state index in [1.807, 2.05) is 36.4 Å². The van der Waals surface area contributed by atoms with Crippen molar-refractivity contribution in [2.75, 3.05) is 13.7 Å². The molecule has 0 saturated carbocycles. The average molecular weight is 321 g/mol. The van der Waals surface area contributed by atoms with Crippen molar-refractivity contribution >= 4 is 0 Å². The maximum absolute atomic E-state index is 5.68. The van der Waals surface area contributed by atoms with Crippen LogP contribution in [0.15, 0.2) is 77.4 Å². The summed E-state index contributed by atoms with van der Waals surface area (Å²) >= 11 is 0. The number of benzene rings is 2. The first-order valence-electron chi connectivity index (χ1n) is 8.29. The summed E-state index contributed by atoms with van der Waals surface area (Å²) in [7, 11) is 1.71. The molecule has 0 fully saturated rings. The molecule has 124 valence electrons. The number of hydrogen-bond donors (Lipinski definition) is 1. The zero-order valence-corrected chi connectivity index (χ0v) is 13.9. The van der Waals surface area contributed by atoms with Crippen LogP contribution in [0.5, 0.6) is 5.75 Å². The predicted octanol–water partition coefficient (Wildman–Crippen LogP) is 4.60. The van der Waals surface area contributed by atoms with E-state index in [4.69, 9.17) is 9.15 Å². The molecule has 1 aromatic heterocycles. The van der Waals surface area contributed by atoms with Gasteiger partial charge in [-0.3, -0.25) is 0 Å². The van der Waals surface area contributed by atoms with Gasteiger partial charge in [0.25, 0.3) is 0 Å². The summed E-state index contributed by atoms with van der Waals surface area (Å²) in [5.74, 6) is 2.06. The van der Waals surface area contributed by atoms with Gasteiger partial charge in [0.05, 0.1) is 13.4 Å². The lowest BCUT2D eigenvalue weighted by molar-refractivity contribution is 0.398. The molecule has 24 heavy (non-hydrogen) atoms. The molecule has 0 aliphatic heterocycles. The van der Waals surface area contributed by atoms with E-state index < -0.39 is 0 Å². The first-order chi connectivity index (χ1) is 11.9. The lowest BCUT2D eigenvalue weighted by Gasteiger charge is -2.18. The maximum atomic E-state index is 5.68. The fourth-order valence-electron chi connectivity index (χ4n) is 2.97. The Labute approximate surface area is 143 Å². The van der Waals surface area contributed by atoms with Gasteiger partial charge in [0, 0.05) is 18.0 Å². The van der Waals surface area contributed by atoms with E-state index in [2.05, 4.69) is 35.6 Å². The lowest BCUT2D eigenvalue weighted by Crippen LogP contribution is -2.18. The van der Waals surface area contributed by atoms with E-state index in [1.165, 1.54) is 5.56 Å². The van der Waals surface area contributed by atoms with Crippen LogP contribution in [0.4, 0.5) is 0 Å². The standard InChI is InChI=1S/C21H23NO2/c1-23-20-11-6-5-10-18(20)19(21-12-7-15-24-21)13-14-22-16-17-8-3-2-4-9-17/h2-12,15,19,22H,13-14,16H2,1H3/t19-/m0/s1. The minimum Gasteiger partial charge on any atom is -0.496 e. The summed E-state index contributed by atoms with van der Waals surface area (Å²) in [5, 5.41) is 3.52. The molecule has 0 bridgehead atoms. The zero-order chi connectivity index (χ0) is 16.6. The summed E-state index contributed by atoms with van der Waals surface area (Å²) in [4.78, 5) is 0. The van der Waals surface area contributed by atoms with E-state index >= 15 is 0 Å². The molecule has 1 atom stereocenters. The third kappa shape index (κ3) is 4.06. The highest BCUT2D eigenvalue weighted by molar-refractivity contribution is 5.39. The molecule has 3 heteroatoms. The van der Waals surface area contributed by atoms with Crippen LogP contribution < -0.4 is 10.1 Å². The highest BCUT2D eigenvalue weighted by atomic mass is 16.5. The fraction of sp³-hybridized carbons (Fsp3) is 0.238. The Morgan fingerprint density at radius 2 is 1.75 bits per heavy atom. The Hall–Kier alpha value is -2.52. The van der Waals surface area contributed by atoms with Gasteiger partial charge >= 0.3 is 0 Å². The normalized spacial score (nSPS) is 12.0. The zero-order valence-electron chi connectivity index (χ0n) is 13.9. The molecular formula is C21H23NO2. The molecular weight excluding hydrogens is 298 g/mol. The van der Waals surface area contributed by atoms with Gasteiger partial charge in [-0.25, -0.2) is 0 Å². The van der Waals surface area contributed by atoms with E-state index in [0.717, 1.165) is 36.6 Å². The number of nitrogens with one attached hydrogen (secondary N) is 1. The number of ether oxygens (including phenoxy) is 1. The number of furan rings is 1. The molecule has 3 aromatic rings. The lowest BCUT2D eigenvalue weighted by atomic mass is 9.92. The average Bonchev–Trinajstić information content (AvgIpc) is 3.17. The van der Waals surface area contributed by atoms with Crippen molar-refractivity contribution in [2.24, 2.45) is 0 Å². The maximum Gasteiger partial charge on any atom is 0.122 e. The Bertz CT molecular complexity index is 723. The topological polar surface area (TPSA) is 34.4 Å². The Kier molecular flexibility index (Phi) is 5.70. The molecule has 1 N–H and O–H groups in total. The summed E-state index contributed by atoms with van der Waals surface area (Å²) in [5.41, 5.74) is 2.46. The molecule has 0 spiro atoms. The molecule has 2 aromatic carbocycles. The van der Waals surface area contributed by atoms with E-state index in [-0.39, 0.29) is 5.92 Å².